The first kappa shape index (κ1) is 24.3. The normalized spacial score (nSPS) is 10.8. The van der Waals surface area contributed by atoms with Crippen molar-refractivity contribution < 1.29 is 14.3 Å². The van der Waals surface area contributed by atoms with Crippen LogP contribution in [0.3, 0.4) is 0 Å². The molecule has 0 aromatic heterocycles. The summed E-state index contributed by atoms with van der Waals surface area (Å²) in [5, 5.41) is 5.39. The van der Waals surface area contributed by atoms with Crippen LogP contribution in [-0.4, -0.2) is 12.1 Å². The lowest BCUT2D eigenvalue weighted by Crippen LogP contribution is -2.17. The molecule has 4 aromatic carbocycles. The van der Waals surface area contributed by atoms with E-state index in [1.165, 1.54) is 0 Å². The third kappa shape index (κ3) is 7.34. The fourth-order valence-electron chi connectivity index (χ4n) is 3.11. The number of benzene rings is 4. The predicted octanol–water partition coefficient (Wildman–Crippen LogP) is 6.92. The molecule has 0 saturated carbocycles. The Balaban J connectivity index is 1.24. The van der Waals surface area contributed by atoms with Crippen molar-refractivity contribution in [1.29, 1.82) is 0 Å². The summed E-state index contributed by atoms with van der Waals surface area (Å²) in [5.74, 6) is 1.06. The maximum absolute atomic E-state index is 12.4. The molecule has 4 aromatic rings. The Morgan fingerprint density at radius 1 is 0.771 bits per heavy atom. The number of nitrogens with one attached hydrogen (secondary N) is 1. The minimum Gasteiger partial charge on any atom is -0.489 e. The molecule has 7 heteroatoms. The maximum atomic E-state index is 12.4. The lowest BCUT2D eigenvalue weighted by atomic mass is 10.2. The molecular formula is C28H22Cl2N2O3. The van der Waals surface area contributed by atoms with Crippen LogP contribution in [0.25, 0.3) is 0 Å². The highest BCUT2D eigenvalue weighted by atomic mass is 35.5. The van der Waals surface area contributed by atoms with E-state index < -0.39 is 0 Å². The van der Waals surface area contributed by atoms with E-state index in [1.807, 2.05) is 72.8 Å². The van der Waals surface area contributed by atoms with E-state index >= 15 is 0 Å². The molecule has 4 rings (SSSR count). The number of hydrogen-bond donors (Lipinski definition) is 1. The van der Waals surface area contributed by atoms with Crippen LogP contribution in [0.1, 0.15) is 27.0 Å². The van der Waals surface area contributed by atoms with Gasteiger partial charge in [0.15, 0.2) is 0 Å². The van der Waals surface area contributed by atoms with E-state index in [-0.39, 0.29) is 5.91 Å². The van der Waals surface area contributed by atoms with Gasteiger partial charge in [-0.25, -0.2) is 5.43 Å². The molecule has 0 bridgehead atoms. The van der Waals surface area contributed by atoms with Crippen LogP contribution in [0.15, 0.2) is 102 Å². The average Bonchev–Trinajstić information content (AvgIpc) is 2.89. The molecule has 1 amide bonds. The zero-order valence-corrected chi connectivity index (χ0v) is 20.2. The summed E-state index contributed by atoms with van der Waals surface area (Å²) < 4.78 is 11.5. The van der Waals surface area contributed by atoms with Crippen molar-refractivity contribution in [3.63, 3.8) is 0 Å². The van der Waals surface area contributed by atoms with Crippen LogP contribution >= 0.6 is 23.2 Å². The van der Waals surface area contributed by atoms with Crippen molar-refractivity contribution in [3.05, 3.63) is 129 Å². The average molecular weight is 505 g/mol. The van der Waals surface area contributed by atoms with E-state index in [9.17, 15) is 4.79 Å². The Bertz CT molecular complexity index is 1290. The van der Waals surface area contributed by atoms with E-state index in [4.69, 9.17) is 32.7 Å². The van der Waals surface area contributed by atoms with Crippen LogP contribution < -0.4 is 14.9 Å². The van der Waals surface area contributed by atoms with Crippen LogP contribution in [0.5, 0.6) is 11.5 Å². The van der Waals surface area contributed by atoms with Crippen molar-refractivity contribution in [1.82, 2.24) is 5.43 Å². The zero-order valence-electron chi connectivity index (χ0n) is 18.7. The molecule has 0 radical (unpaired) electrons. The molecule has 5 nitrogen and oxygen atoms in total. The van der Waals surface area contributed by atoms with Gasteiger partial charge in [-0.15, -0.1) is 0 Å². The second kappa shape index (κ2) is 12.1. The molecule has 0 unspecified atom stereocenters. The second-order valence-electron chi connectivity index (χ2n) is 7.59. The van der Waals surface area contributed by atoms with E-state index in [2.05, 4.69) is 10.5 Å². The van der Waals surface area contributed by atoms with Crippen LogP contribution in [0, 0.1) is 0 Å². The Morgan fingerprint density at radius 3 is 2.09 bits per heavy atom. The van der Waals surface area contributed by atoms with Gasteiger partial charge in [0.25, 0.3) is 5.91 Å². The number of amides is 1. The van der Waals surface area contributed by atoms with Crippen molar-refractivity contribution in [3.8, 4) is 11.5 Å². The summed E-state index contributed by atoms with van der Waals surface area (Å²) in [6, 6.07) is 29.3. The van der Waals surface area contributed by atoms with Gasteiger partial charge in [0.2, 0.25) is 0 Å². The minimum absolute atomic E-state index is 0.315. The molecule has 1 N–H and O–H groups in total. The number of hydrogen-bond acceptors (Lipinski definition) is 4. The zero-order chi connectivity index (χ0) is 24.5. The molecule has 176 valence electrons. The predicted molar refractivity (Wildman–Crippen MR) is 140 cm³/mol. The van der Waals surface area contributed by atoms with Crippen molar-refractivity contribution in [2.24, 2.45) is 5.10 Å². The van der Waals surface area contributed by atoms with Gasteiger partial charge < -0.3 is 9.47 Å². The van der Waals surface area contributed by atoms with E-state index in [1.54, 1.807) is 30.5 Å². The Hall–Kier alpha value is -3.80. The monoisotopic (exact) mass is 504 g/mol. The van der Waals surface area contributed by atoms with Gasteiger partial charge in [-0.2, -0.15) is 5.10 Å². The largest absolute Gasteiger partial charge is 0.489 e. The standard InChI is InChI=1S/C28H22Cl2N2O3/c29-24-11-5-21(6-12-24)18-34-26-15-9-22(10-16-26)28(33)32-31-17-20-7-13-25(14-8-20)35-19-23-3-1-2-4-27(23)30/h1-17H,18-19H2,(H,32,33)/b31-17+. The first-order valence-electron chi connectivity index (χ1n) is 10.8. The highest BCUT2D eigenvalue weighted by Gasteiger charge is 2.05. The second-order valence-corrected chi connectivity index (χ2v) is 8.43. The Labute approximate surface area is 213 Å². The number of ether oxygens (including phenoxy) is 2. The highest BCUT2D eigenvalue weighted by molar-refractivity contribution is 6.31. The summed E-state index contributed by atoms with van der Waals surface area (Å²) in [6.45, 7) is 0.797. The summed E-state index contributed by atoms with van der Waals surface area (Å²) in [5.41, 5.74) is 5.75. The lowest BCUT2D eigenvalue weighted by molar-refractivity contribution is 0.0955. The SMILES string of the molecule is O=C(N/N=C/c1ccc(OCc2ccccc2Cl)cc1)c1ccc(OCc2ccc(Cl)cc2)cc1. The lowest BCUT2D eigenvalue weighted by Gasteiger charge is -2.08. The summed E-state index contributed by atoms with van der Waals surface area (Å²) in [6.07, 6.45) is 1.57. The van der Waals surface area contributed by atoms with Gasteiger partial charge in [-0.1, -0.05) is 53.5 Å². The Morgan fingerprint density at radius 2 is 1.40 bits per heavy atom. The maximum Gasteiger partial charge on any atom is 0.271 e. The van der Waals surface area contributed by atoms with Gasteiger partial charge in [-0.3, -0.25) is 4.79 Å². The quantitative estimate of drug-likeness (QED) is 0.199. The number of hydrazone groups is 1. The van der Waals surface area contributed by atoms with Gasteiger partial charge in [0, 0.05) is 21.2 Å². The number of nitrogens with zero attached hydrogens (tertiary/aromatic N) is 1. The number of halogens is 2. The number of carbonyl (C=O) groups is 1. The van der Waals surface area contributed by atoms with Crippen molar-refractivity contribution in [2.45, 2.75) is 13.2 Å². The first-order chi connectivity index (χ1) is 17.1. The number of rotatable bonds is 9. The molecule has 0 aliphatic rings. The van der Waals surface area contributed by atoms with Crippen molar-refractivity contribution >= 4 is 35.3 Å². The highest BCUT2D eigenvalue weighted by Crippen LogP contribution is 2.19. The molecule has 0 aliphatic carbocycles. The fraction of sp³-hybridized carbons (Fsp3) is 0.0714. The molecular weight excluding hydrogens is 483 g/mol. The van der Waals surface area contributed by atoms with Crippen LogP contribution in [0.2, 0.25) is 10.0 Å². The first-order valence-corrected chi connectivity index (χ1v) is 11.6. The van der Waals surface area contributed by atoms with Gasteiger partial charge in [-0.05, 0) is 77.9 Å². The topological polar surface area (TPSA) is 59.9 Å². The third-order valence-corrected chi connectivity index (χ3v) is 5.67. The molecule has 0 saturated heterocycles. The van der Waals surface area contributed by atoms with E-state index in [0.717, 1.165) is 16.7 Å². The molecule has 35 heavy (non-hydrogen) atoms. The summed E-state index contributed by atoms with van der Waals surface area (Å²) >= 11 is 12.0. The fourth-order valence-corrected chi connectivity index (χ4v) is 3.42. The molecule has 0 fully saturated rings. The molecule has 0 aliphatic heterocycles. The third-order valence-electron chi connectivity index (χ3n) is 5.05. The molecule has 0 spiro atoms. The molecule has 0 heterocycles. The molecule has 0 atom stereocenters. The minimum atomic E-state index is -0.315. The smallest absolute Gasteiger partial charge is 0.271 e. The van der Waals surface area contributed by atoms with Crippen LogP contribution in [0.4, 0.5) is 0 Å². The van der Waals surface area contributed by atoms with Crippen LogP contribution in [-0.2, 0) is 13.2 Å². The van der Waals surface area contributed by atoms with Gasteiger partial charge >= 0.3 is 0 Å². The van der Waals surface area contributed by atoms with Gasteiger partial charge in [0.1, 0.15) is 24.7 Å². The van der Waals surface area contributed by atoms with Crippen molar-refractivity contribution in [2.75, 3.05) is 0 Å². The number of carbonyl (C=O) groups excluding carboxylic acids is 1. The Kier molecular flexibility index (Phi) is 8.39. The van der Waals surface area contributed by atoms with E-state index in [0.29, 0.717) is 40.3 Å². The van der Waals surface area contributed by atoms with Gasteiger partial charge in [0.05, 0.1) is 6.21 Å². The summed E-state index contributed by atoms with van der Waals surface area (Å²) in [4.78, 5) is 12.4. The summed E-state index contributed by atoms with van der Waals surface area (Å²) in [7, 11) is 0.